The van der Waals surface area contributed by atoms with E-state index in [0.717, 1.165) is 30.9 Å². The zero-order valence-electron chi connectivity index (χ0n) is 12.5. The Morgan fingerprint density at radius 3 is 2.55 bits per heavy atom. The van der Waals surface area contributed by atoms with Crippen LogP contribution in [0.3, 0.4) is 0 Å². The molecule has 1 rings (SSSR count). The number of benzene rings is 1. The first kappa shape index (κ1) is 17.8. The van der Waals surface area contributed by atoms with Crippen LogP contribution in [0.15, 0.2) is 35.7 Å². The van der Waals surface area contributed by atoms with Crippen LogP contribution in [0.25, 0.3) is 0 Å². The molecule has 1 aromatic carbocycles. The van der Waals surface area contributed by atoms with E-state index in [1.807, 2.05) is 0 Å². The quantitative estimate of drug-likeness (QED) is 0.330. The van der Waals surface area contributed by atoms with Crippen molar-refractivity contribution >= 4 is 21.4 Å². The summed E-state index contributed by atoms with van der Waals surface area (Å²) >= 11 is 0. The van der Waals surface area contributed by atoms with Gasteiger partial charge in [0.2, 0.25) is 0 Å². The van der Waals surface area contributed by atoms with Gasteiger partial charge in [-0.1, -0.05) is 6.08 Å². The van der Waals surface area contributed by atoms with Crippen LogP contribution >= 0.6 is 0 Å². The van der Waals surface area contributed by atoms with E-state index in [4.69, 9.17) is 0 Å². The molecule has 0 spiro atoms. The molecule has 0 aliphatic rings. The molecule has 0 N–H and O–H groups in total. The maximum Gasteiger partial charge on any atom is 0.271 e. The van der Waals surface area contributed by atoms with E-state index in [2.05, 4.69) is 6.58 Å². The van der Waals surface area contributed by atoms with Crippen LogP contribution in [-0.2, 0) is 9.84 Å². The monoisotopic (exact) mass is 326 g/mol. The summed E-state index contributed by atoms with van der Waals surface area (Å²) in [6.07, 6.45) is 4.11. The Morgan fingerprint density at radius 2 is 2.05 bits per heavy atom. The molecular formula is C14H18N2O5S. The Bertz CT molecular complexity index is 697. The van der Waals surface area contributed by atoms with Gasteiger partial charge in [0, 0.05) is 37.5 Å². The van der Waals surface area contributed by atoms with E-state index in [1.54, 1.807) is 13.1 Å². The molecule has 0 saturated carbocycles. The number of nitro groups is 1. The van der Waals surface area contributed by atoms with E-state index in [1.165, 1.54) is 4.90 Å². The molecule has 0 saturated heterocycles. The highest BCUT2D eigenvalue weighted by Gasteiger charge is 2.20. The number of hydrogen-bond donors (Lipinski definition) is 0. The van der Waals surface area contributed by atoms with Gasteiger partial charge in [0.1, 0.15) is 0 Å². The summed E-state index contributed by atoms with van der Waals surface area (Å²) in [4.78, 5) is 23.6. The van der Waals surface area contributed by atoms with Gasteiger partial charge in [-0.3, -0.25) is 14.9 Å². The second kappa shape index (κ2) is 7.17. The lowest BCUT2D eigenvalue weighted by atomic mass is 10.1. The molecule has 0 bridgehead atoms. The molecular weight excluding hydrogens is 308 g/mol. The molecule has 1 amide bonds. The molecule has 0 aromatic heterocycles. The molecule has 8 heteroatoms. The van der Waals surface area contributed by atoms with Crippen molar-refractivity contribution < 1.29 is 18.1 Å². The molecule has 0 atom stereocenters. The average molecular weight is 326 g/mol. The Morgan fingerprint density at radius 1 is 1.41 bits per heavy atom. The number of allylic oxidation sites excluding steroid dienone is 1. The first-order valence-electron chi connectivity index (χ1n) is 6.52. The SMILES string of the molecule is C=CCCCN(C)C(=O)c1cc([N+](=O)[O-])cc(S(C)(=O)=O)c1. The van der Waals surface area contributed by atoms with Crippen molar-refractivity contribution in [1.82, 2.24) is 4.90 Å². The number of sulfone groups is 1. The summed E-state index contributed by atoms with van der Waals surface area (Å²) in [6.45, 7) is 4.03. The molecule has 0 aliphatic carbocycles. The number of carbonyl (C=O) groups excluding carboxylic acids is 1. The molecule has 0 heterocycles. The number of hydrogen-bond acceptors (Lipinski definition) is 5. The van der Waals surface area contributed by atoms with Gasteiger partial charge in [-0.25, -0.2) is 8.42 Å². The van der Waals surface area contributed by atoms with Crippen LogP contribution in [0.1, 0.15) is 23.2 Å². The molecule has 0 radical (unpaired) electrons. The number of nitrogens with zero attached hydrogens (tertiary/aromatic N) is 2. The summed E-state index contributed by atoms with van der Waals surface area (Å²) in [5, 5.41) is 10.9. The highest BCUT2D eigenvalue weighted by atomic mass is 32.2. The maximum atomic E-state index is 12.3. The molecule has 0 aliphatic heterocycles. The summed E-state index contributed by atoms with van der Waals surface area (Å²) in [6, 6.07) is 3.19. The lowest BCUT2D eigenvalue weighted by Crippen LogP contribution is -2.28. The third-order valence-electron chi connectivity index (χ3n) is 3.03. The van der Waals surface area contributed by atoms with Crippen LogP contribution in [0.4, 0.5) is 5.69 Å². The molecule has 120 valence electrons. The van der Waals surface area contributed by atoms with Gasteiger partial charge in [0.25, 0.3) is 11.6 Å². The Labute approximate surface area is 129 Å². The molecule has 1 aromatic rings. The average Bonchev–Trinajstić information content (AvgIpc) is 2.45. The minimum Gasteiger partial charge on any atom is -0.342 e. The van der Waals surface area contributed by atoms with Gasteiger partial charge in [-0.15, -0.1) is 6.58 Å². The minimum atomic E-state index is -3.65. The highest BCUT2D eigenvalue weighted by Crippen LogP contribution is 2.21. The topological polar surface area (TPSA) is 97.6 Å². The van der Waals surface area contributed by atoms with Crippen molar-refractivity contribution in [3.8, 4) is 0 Å². The molecule has 22 heavy (non-hydrogen) atoms. The number of nitro benzene ring substituents is 1. The van der Waals surface area contributed by atoms with Crippen molar-refractivity contribution in [3.05, 3.63) is 46.5 Å². The van der Waals surface area contributed by atoms with Crippen molar-refractivity contribution in [1.29, 1.82) is 0 Å². The lowest BCUT2D eigenvalue weighted by molar-refractivity contribution is -0.385. The fraction of sp³-hybridized carbons (Fsp3) is 0.357. The number of amides is 1. The van der Waals surface area contributed by atoms with Gasteiger partial charge in [-0.2, -0.15) is 0 Å². The van der Waals surface area contributed by atoms with Gasteiger partial charge < -0.3 is 4.90 Å². The summed E-state index contributed by atoms with van der Waals surface area (Å²) in [5.41, 5.74) is -0.443. The third kappa shape index (κ3) is 4.66. The highest BCUT2D eigenvalue weighted by molar-refractivity contribution is 7.90. The largest absolute Gasteiger partial charge is 0.342 e. The first-order chi connectivity index (χ1) is 10.2. The predicted octanol–water partition coefficient (Wildman–Crippen LogP) is 2.04. The smallest absolute Gasteiger partial charge is 0.271 e. The van der Waals surface area contributed by atoms with Crippen molar-refractivity contribution in [2.45, 2.75) is 17.7 Å². The number of unbranched alkanes of at least 4 members (excludes halogenated alkanes) is 1. The van der Waals surface area contributed by atoms with Crippen LogP contribution in [0.5, 0.6) is 0 Å². The standard InChI is InChI=1S/C14H18N2O5S/c1-4-5-6-7-15(2)14(17)11-8-12(16(18)19)10-13(9-11)22(3,20)21/h4,8-10H,1,5-7H2,2-3H3. The number of rotatable bonds is 7. The normalized spacial score (nSPS) is 11.0. The van der Waals surface area contributed by atoms with E-state index in [9.17, 15) is 23.3 Å². The van der Waals surface area contributed by atoms with Crippen molar-refractivity contribution in [2.75, 3.05) is 19.8 Å². The second-order valence-corrected chi connectivity index (χ2v) is 6.92. The van der Waals surface area contributed by atoms with E-state index in [0.29, 0.717) is 13.0 Å². The predicted molar refractivity (Wildman–Crippen MR) is 82.6 cm³/mol. The van der Waals surface area contributed by atoms with Crippen LogP contribution in [0, 0.1) is 10.1 Å². The number of carbonyl (C=O) groups is 1. The first-order valence-corrected chi connectivity index (χ1v) is 8.42. The Kier molecular flexibility index (Phi) is 5.81. The fourth-order valence-corrected chi connectivity index (χ4v) is 2.50. The number of non-ortho nitro benzene ring substituents is 1. The fourth-order valence-electron chi connectivity index (χ4n) is 1.82. The summed E-state index contributed by atoms with van der Waals surface area (Å²) in [7, 11) is -2.09. The van der Waals surface area contributed by atoms with Crippen molar-refractivity contribution in [2.24, 2.45) is 0 Å². The molecule has 0 fully saturated rings. The molecule has 7 nitrogen and oxygen atoms in total. The van der Waals surface area contributed by atoms with Crippen LogP contribution in [0.2, 0.25) is 0 Å². The van der Waals surface area contributed by atoms with Gasteiger partial charge in [-0.05, 0) is 18.9 Å². The summed E-state index contributed by atoms with van der Waals surface area (Å²) < 4.78 is 23.2. The van der Waals surface area contributed by atoms with Gasteiger partial charge in [0.15, 0.2) is 9.84 Å². The maximum absolute atomic E-state index is 12.3. The summed E-state index contributed by atoms with van der Waals surface area (Å²) in [5.74, 6) is -0.460. The van der Waals surface area contributed by atoms with Crippen molar-refractivity contribution in [3.63, 3.8) is 0 Å². The van der Waals surface area contributed by atoms with E-state index >= 15 is 0 Å². The Hall–Kier alpha value is -2.22. The Balaban J connectivity index is 3.17. The van der Waals surface area contributed by atoms with Gasteiger partial charge in [0.05, 0.1) is 9.82 Å². The minimum absolute atomic E-state index is 0.0178. The van der Waals surface area contributed by atoms with Crippen LogP contribution in [-0.4, -0.2) is 44.0 Å². The van der Waals surface area contributed by atoms with Crippen LogP contribution < -0.4 is 0 Å². The van der Waals surface area contributed by atoms with E-state index < -0.39 is 26.4 Å². The molecule has 0 unspecified atom stereocenters. The second-order valence-electron chi connectivity index (χ2n) is 4.90. The van der Waals surface area contributed by atoms with Gasteiger partial charge >= 0.3 is 0 Å². The van der Waals surface area contributed by atoms with E-state index in [-0.39, 0.29) is 10.5 Å². The lowest BCUT2D eigenvalue weighted by Gasteiger charge is -2.17. The zero-order valence-corrected chi connectivity index (χ0v) is 13.3. The zero-order chi connectivity index (χ0) is 16.9. The third-order valence-corrected chi connectivity index (χ3v) is 4.12.